The topological polar surface area (TPSA) is 92.8 Å². The number of rotatable bonds is 8. The number of para-hydroxylation sites is 1. The SMILES string of the molecule is CCCCNC(=O)COC(=O)c1ccc(Cl)c(S(=O)(=O)N2CCc3ccccc32)c1. The highest BCUT2D eigenvalue weighted by Crippen LogP contribution is 2.35. The largest absolute Gasteiger partial charge is 0.452 e. The van der Waals surface area contributed by atoms with Gasteiger partial charge in [-0.15, -0.1) is 0 Å². The third-order valence-electron chi connectivity index (χ3n) is 4.77. The van der Waals surface area contributed by atoms with Crippen LogP contribution in [0.15, 0.2) is 47.4 Å². The van der Waals surface area contributed by atoms with Crippen LogP contribution >= 0.6 is 11.6 Å². The average Bonchev–Trinajstić information content (AvgIpc) is 3.17. The fourth-order valence-corrected chi connectivity index (χ4v) is 5.18. The lowest BCUT2D eigenvalue weighted by Crippen LogP contribution is -2.30. The number of carbonyl (C=O) groups is 2. The highest BCUT2D eigenvalue weighted by molar-refractivity contribution is 7.93. The molecule has 0 aromatic heterocycles. The van der Waals surface area contributed by atoms with E-state index < -0.39 is 28.5 Å². The van der Waals surface area contributed by atoms with E-state index in [2.05, 4.69) is 5.32 Å². The number of halogens is 1. The van der Waals surface area contributed by atoms with Crippen molar-refractivity contribution in [2.75, 3.05) is 24.0 Å². The van der Waals surface area contributed by atoms with Crippen molar-refractivity contribution in [3.8, 4) is 0 Å². The Balaban J connectivity index is 1.77. The van der Waals surface area contributed by atoms with Gasteiger partial charge in [-0.2, -0.15) is 0 Å². The molecule has 1 amide bonds. The Bertz CT molecular complexity index is 1060. The van der Waals surface area contributed by atoms with E-state index in [-0.39, 0.29) is 15.5 Å². The summed E-state index contributed by atoms with van der Waals surface area (Å²) >= 11 is 6.17. The van der Waals surface area contributed by atoms with Crippen LogP contribution in [0.2, 0.25) is 5.02 Å². The fourth-order valence-electron chi connectivity index (χ4n) is 3.17. The quantitative estimate of drug-likeness (QED) is 0.492. The summed E-state index contributed by atoms with van der Waals surface area (Å²) < 4.78 is 32.8. The lowest BCUT2D eigenvalue weighted by molar-refractivity contribution is -0.124. The Morgan fingerprint density at radius 3 is 2.73 bits per heavy atom. The number of nitrogens with zero attached hydrogens (tertiary/aromatic N) is 1. The van der Waals surface area contributed by atoms with E-state index in [4.69, 9.17) is 16.3 Å². The van der Waals surface area contributed by atoms with Crippen LogP contribution in [0.1, 0.15) is 35.7 Å². The number of fused-ring (bicyclic) bond motifs is 1. The average molecular weight is 451 g/mol. The number of sulfonamides is 1. The lowest BCUT2D eigenvalue weighted by atomic mass is 10.2. The third-order valence-corrected chi connectivity index (χ3v) is 7.06. The second-order valence-electron chi connectivity index (χ2n) is 6.88. The number of amides is 1. The number of hydrogen-bond acceptors (Lipinski definition) is 5. The number of ether oxygens (including phenoxy) is 1. The molecular weight excluding hydrogens is 428 g/mol. The molecule has 1 heterocycles. The van der Waals surface area contributed by atoms with E-state index in [0.29, 0.717) is 25.2 Å². The molecule has 1 N–H and O–H groups in total. The fraction of sp³-hybridized carbons (Fsp3) is 0.333. The minimum atomic E-state index is -3.97. The van der Waals surface area contributed by atoms with Crippen LogP contribution in [0.4, 0.5) is 5.69 Å². The van der Waals surface area contributed by atoms with Gasteiger partial charge >= 0.3 is 5.97 Å². The zero-order valence-electron chi connectivity index (χ0n) is 16.6. The van der Waals surface area contributed by atoms with Gasteiger partial charge in [0.05, 0.1) is 16.3 Å². The molecule has 0 saturated carbocycles. The van der Waals surface area contributed by atoms with Crippen LogP contribution in [-0.2, 0) is 26.0 Å². The van der Waals surface area contributed by atoms with Crippen molar-refractivity contribution in [2.45, 2.75) is 31.1 Å². The molecule has 30 heavy (non-hydrogen) atoms. The Morgan fingerprint density at radius 1 is 1.20 bits per heavy atom. The van der Waals surface area contributed by atoms with Gasteiger partial charge in [0, 0.05) is 13.1 Å². The summed E-state index contributed by atoms with van der Waals surface area (Å²) in [6, 6.07) is 11.2. The van der Waals surface area contributed by atoms with Gasteiger partial charge in [0.1, 0.15) is 4.90 Å². The molecule has 0 radical (unpaired) electrons. The number of carbonyl (C=O) groups excluding carboxylic acids is 2. The standard InChI is InChI=1S/C21H23ClN2O5S/c1-2-3-11-23-20(25)14-29-21(26)16-8-9-17(22)19(13-16)30(27,28)24-12-10-15-6-4-5-7-18(15)24/h4-9,13H,2-3,10-12,14H2,1H3,(H,23,25). The Hall–Kier alpha value is -2.58. The van der Waals surface area contributed by atoms with E-state index in [1.807, 2.05) is 19.1 Å². The zero-order chi connectivity index (χ0) is 21.7. The van der Waals surface area contributed by atoms with Gasteiger partial charge in [-0.25, -0.2) is 13.2 Å². The maximum atomic E-state index is 13.2. The third kappa shape index (κ3) is 4.76. The van der Waals surface area contributed by atoms with E-state index >= 15 is 0 Å². The molecule has 0 atom stereocenters. The molecule has 1 aliphatic rings. The van der Waals surface area contributed by atoms with Crippen molar-refractivity contribution < 1.29 is 22.7 Å². The monoisotopic (exact) mass is 450 g/mol. The maximum absolute atomic E-state index is 13.2. The minimum absolute atomic E-state index is 0.00631. The van der Waals surface area contributed by atoms with Gasteiger partial charge in [-0.1, -0.05) is 43.1 Å². The summed E-state index contributed by atoms with van der Waals surface area (Å²) in [5.41, 5.74) is 1.54. The molecule has 0 unspecified atom stereocenters. The first-order valence-electron chi connectivity index (χ1n) is 9.68. The number of anilines is 1. The zero-order valence-corrected chi connectivity index (χ0v) is 18.1. The predicted molar refractivity (Wildman–Crippen MR) is 114 cm³/mol. The van der Waals surface area contributed by atoms with Gasteiger partial charge in [0.2, 0.25) is 0 Å². The molecule has 0 fully saturated rings. The Labute approximate surface area is 181 Å². The number of nitrogens with one attached hydrogen (secondary N) is 1. The van der Waals surface area contributed by atoms with E-state index in [0.717, 1.165) is 18.4 Å². The number of benzene rings is 2. The molecule has 0 spiro atoms. The smallest absolute Gasteiger partial charge is 0.338 e. The van der Waals surface area contributed by atoms with Crippen LogP contribution in [0.25, 0.3) is 0 Å². The van der Waals surface area contributed by atoms with Gasteiger partial charge in [0.25, 0.3) is 15.9 Å². The summed E-state index contributed by atoms with van der Waals surface area (Å²) in [4.78, 5) is 23.9. The molecule has 160 valence electrons. The van der Waals surface area contributed by atoms with Crippen LogP contribution < -0.4 is 9.62 Å². The van der Waals surface area contributed by atoms with E-state index in [1.165, 1.54) is 22.5 Å². The summed E-state index contributed by atoms with van der Waals surface area (Å²) in [6.45, 7) is 2.37. The second kappa shape index (κ2) is 9.49. The van der Waals surface area contributed by atoms with Crippen molar-refractivity contribution in [3.05, 3.63) is 58.6 Å². The number of hydrogen-bond donors (Lipinski definition) is 1. The minimum Gasteiger partial charge on any atom is -0.452 e. The summed E-state index contributed by atoms with van der Waals surface area (Å²) in [6.07, 6.45) is 2.36. The molecule has 1 aliphatic heterocycles. The van der Waals surface area contributed by atoms with Crippen molar-refractivity contribution in [1.29, 1.82) is 0 Å². The molecule has 9 heteroatoms. The molecule has 0 aliphatic carbocycles. The van der Waals surface area contributed by atoms with Crippen LogP contribution in [-0.4, -0.2) is 40.0 Å². The lowest BCUT2D eigenvalue weighted by Gasteiger charge is -2.20. The number of unbranched alkanes of at least 4 members (excludes halogenated alkanes) is 1. The summed E-state index contributed by atoms with van der Waals surface area (Å²) in [5.74, 6) is -1.21. The first-order valence-corrected chi connectivity index (χ1v) is 11.5. The molecule has 3 rings (SSSR count). The van der Waals surface area contributed by atoms with Crippen molar-refractivity contribution >= 4 is 39.2 Å². The van der Waals surface area contributed by atoms with Crippen LogP contribution in [0, 0.1) is 0 Å². The molecule has 7 nitrogen and oxygen atoms in total. The Kier molecular flexibility index (Phi) is 6.99. The molecule has 2 aromatic rings. The normalized spacial score (nSPS) is 13.1. The molecular formula is C21H23ClN2O5S. The molecule has 2 aromatic carbocycles. The first-order chi connectivity index (χ1) is 14.3. The van der Waals surface area contributed by atoms with Gasteiger partial charge in [-0.05, 0) is 42.7 Å². The van der Waals surface area contributed by atoms with Gasteiger partial charge in [0.15, 0.2) is 6.61 Å². The van der Waals surface area contributed by atoms with E-state index in [9.17, 15) is 18.0 Å². The molecule has 0 bridgehead atoms. The highest BCUT2D eigenvalue weighted by atomic mass is 35.5. The van der Waals surface area contributed by atoms with E-state index in [1.54, 1.807) is 12.1 Å². The van der Waals surface area contributed by atoms with Gasteiger partial charge in [-0.3, -0.25) is 9.10 Å². The first kappa shape index (κ1) is 22.1. The Morgan fingerprint density at radius 2 is 1.97 bits per heavy atom. The van der Waals surface area contributed by atoms with Crippen molar-refractivity contribution in [2.24, 2.45) is 0 Å². The summed E-state index contributed by atoms with van der Waals surface area (Å²) in [7, 11) is -3.97. The number of esters is 1. The van der Waals surface area contributed by atoms with Crippen molar-refractivity contribution in [3.63, 3.8) is 0 Å². The van der Waals surface area contributed by atoms with Crippen LogP contribution in [0.5, 0.6) is 0 Å². The highest BCUT2D eigenvalue weighted by Gasteiger charge is 2.32. The second-order valence-corrected chi connectivity index (χ2v) is 9.12. The van der Waals surface area contributed by atoms with Crippen LogP contribution in [0.3, 0.4) is 0 Å². The maximum Gasteiger partial charge on any atom is 0.338 e. The molecule has 0 saturated heterocycles. The van der Waals surface area contributed by atoms with Crippen molar-refractivity contribution in [1.82, 2.24) is 5.32 Å². The predicted octanol–water partition coefficient (Wildman–Crippen LogP) is 3.16. The summed E-state index contributed by atoms with van der Waals surface area (Å²) in [5, 5.41) is 2.65. The van der Waals surface area contributed by atoms with Gasteiger partial charge < -0.3 is 10.1 Å².